The number of piperidine rings is 1. The Morgan fingerprint density at radius 2 is 2.15 bits per heavy atom. The number of likely N-dealkylation sites (tertiary alicyclic amines) is 1. The van der Waals surface area contributed by atoms with Gasteiger partial charge in [-0.15, -0.1) is 0 Å². The Morgan fingerprint density at radius 3 is 2.96 bits per heavy atom. The van der Waals surface area contributed by atoms with Gasteiger partial charge in [-0.25, -0.2) is 0 Å². The van der Waals surface area contributed by atoms with Crippen molar-refractivity contribution >= 4 is 16.9 Å². The van der Waals surface area contributed by atoms with E-state index in [-0.39, 0.29) is 5.91 Å². The van der Waals surface area contributed by atoms with E-state index in [9.17, 15) is 10.0 Å². The molecule has 0 radical (unpaired) electrons. The highest BCUT2D eigenvalue weighted by Gasteiger charge is 2.27. The van der Waals surface area contributed by atoms with E-state index in [2.05, 4.69) is 33.9 Å². The van der Waals surface area contributed by atoms with Crippen LogP contribution in [0.4, 0.5) is 0 Å². The lowest BCUT2D eigenvalue weighted by atomic mass is 10.0. The van der Waals surface area contributed by atoms with Crippen molar-refractivity contribution in [2.75, 3.05) is 20.1 Å². The molecule has 7 nitrogen and oxygen atoms in total. The van der Waals surface area contributed by atoms with Crippen LogP contribution >= 0.6 is 0 Å². The number of benzene rings is 2. The number of carbonyl (C=O) groups is 1. The molecule has 2 heterocycles. The van der Waals surface area contributed by atoms with Crippen molar-refractivity contribution in [3.63, 3.8) is 0 Å². The quantitative estimate of drug-likeness (QED) is 0.662. The summed E-state index contributed by atoms with van der Waals surface area (Å²) in [4.78, 5) is 17.5. The van der Waals surface area contributed by atoms with Crippen LogP contribution in [0.5, 0.6) is 0 Å². The third kappa shape index (κ3) is 3.64. The van der Waals surface area contributed by atoms with E-state index in [1.165, 1.54) is 5.56 Å². The van der Waals surface area contributed by atoms with Crippen LogP contribution in [0.3, 0.4) is 0 Å². The zero-order valence-electron chi connectivity index (χ0n) is 15.2. The summed E-state index contributed by atoms with van der Waals surface area (Å²) in [5.41, 5.74) is 2.52. The van der Waals surface area contributed by atoms with Crippen LogP contribution in [0.25, 0.3) is 11.0 Å². The van der Waals surface area contributed by atoms with Gasteiger partial charge in [0.25, 0.3) is 5.91 Å². The highest BCUT2D eigenvalue weighted by atomic mass is 16.8. The minimum atomic E-state index is -0.0323. The molecular weight excluding hydrogens is 344 g/mol. The molecule has 0 N–H and O–H groups in total. The molecule has 1 fully saturated rings. The maximum absolute atomic E-state index is 12.9. The van der Waals surface area contributed by atoms with Crippen LogP contribution in [0, 0.1) is 5.21 Å². The zero-order chi connectivity index (χ0) is 18.8. The number of hydrogen-bond donors (Lipinski definition) is 0. The van der Waals surface area contributed by atoms with Gasteiger partial charge in [-0.05, 0) is 42.5 Å². The maximum atomic E-state index is 12.9. The molecule has 4 rings (SSSR count). The number of rotatable bonds is 4. The molecule has 0 saturated carbocycles. The van der Waals surface area contributed by atoms with Crippen LogP contribution < -0.4 is 4.90 Å². The lowest BCUT2D eigenvalue weighted by molar-refractivity contribution is -0.782. The smallest absolute Gasteiger partial charge is 0.254 e. The van der Waals surface area contributed by atoms with Crippen LogP contribution in [-0.2, 0) is 6.54 Å². The van der Waals surface area contributed by atoms with Crippen molar-refractivity contribution < 1.29 is 14.3 Å². The van der Waals surface area contributed by atoms with Crippen molar-refractivity contribution in [3.8, 4) is 0 Å². The van der Waals surface area contributed by atoms with E-state index < -0.39 is 0 Å². The van der Waals surface area contributed by atoms with Gasteiger partial charge in [0.2, 0.25) is 11.0 Å². The van der Waals surface area contributed by atoms with E-state index >= 15 is 0 Å². The Labute approximate surface area is 157 Å². The van der Waals surface area contributed by atoms with Gasteiger partial charge in [-0.2, -0.15) is 0 Å². The monoisotopic (exact) mass is 366 g/mol. The average Bonchev–Trinajstić information content (AvgIpc) is 3.08. The number of amides is 1. The second kappa shape index (κ2) is 7.36. The second-order valence-corrected chi connectivity index (χ2v) is 7.08. The average molecular weight is 366 g/mol. The second-order valence-electron chi connectivity index (χ2n) is 7.08. The van der Waals surface area contributed by atoms with Gasteiger partial charge in [0, 0.05) is 42.5 Å². The number of aromatic nitrogens is 2. The molecule has 2 aromatic carbocycles. The van der Waals surface area contributed by atoms with Crippen molar-refractivity contribution in [1.82, 2.24) is 15.0 Å². The lowest BCUT2D eigenvalue weighted by Gasteiger charge is -2.37. The van der Waals surface area contributed by atoms with Crippen molar-refractivity contribution in [2.45, 2.75) is 25.4 Å². The first-order chi connectivity index (χ1) is 13.1. The highest BCUT2D eigenvalue weighted by molar-refractivity contribution is 5.97. The van der Waals surface area contributed by atoms with Gasteiger partial charge in [0.05, 0.1) is 0 Å². The van der Waals surface area contributed by atoms with Gasteiger partial charge in [0.1, 0.15) is 0 Å². The molecule has 1 atom stereocenters. The van der Waals surface area contributed by atoms with E-state index in [4.69, 9.17) is 0 Å². The van der Waals surface area contributed by atoms with E-state index in [1.54, 1.807) is 18.2 Å². The summed E-state index contributed by atoms with van der Waals surface area (Å²) < 4.78 is 4.58. The summed E-state index contributed by atoms with van der Waals surface area (Å²) in [6.45, 7) is 2.30. The third-order valence-corrected chi connectivity index (χ3v) is 5.21. The van der Waals surface area contributed by atoms with Crippen molar-refractivity contribution in [1.29, 1.82) is 0 Å². The Morgan fingerprint density at radius 1 is 1.33 bits per heavy atom. The molecular formula is C20H22N4O3. The summed E-state index contributed by atoms with van der Waals surface area (Å²) in [6.07, 6.45) is 2.05. The fraction of sp³-hybridized carbons (Fsp3) is 0.350. The van der Waals surface area contributed by atoms with Crippen molar-refractivity contribution in [2.24, 2.45) is 0 Å². The number of hydrogen-bond acceptors (Lipinski definition) is 5. The fourth-order valence-corrected chi connectivity index (χ4v) is 3.69. The summed E-state index contributed by atoms with van der Waals surface area (Å²) in [5.74, 6) is -0.0323. The van der Waals surface area contributed by atoms with Crippen molar-refractivity contribution in [3.05, 3.63) is 64.9 Å². The highest BCUT2D eigenvalue weighted by Crippen LogP contribution is 2.20. The topological polar surface area (TPSA) is 76.5 Å². The number of fused-ring (bicyclic) bond motifs is 1. The minimum Gasteiger partial charge on any atom is -0.359 e. The molecule has 3 aromatic rings. The Bertz CT molecular complexity index is 941. The molecule has 27 heavy (non-hydrogen) atoms. The Hall–Kier alpha value is -2.93. The summed E-state index contributed by atoms with van der Waals surface area (Å²) in [5, 5.41) is 15.1. The molecule has 0 spiro atoms. The fourth-order valence-electron chi connectivity index (χ4n) is 3.69. The number of likely N-dealkylation sites (N-methyl/N-ethyl adjacent to an activating group) is 1. The molecule has 1 aliphatic rings. The van der Waals surface area contributed by atoms with Crippen LogP contribution in [0.15, 0.2) is 53.2 Å². The Balaban J connectivity index is 1.45. The summed E-state index contributed by atoms with van der Waals surface area (Å²) in [7, 11) is 2.11. The van der Waals surface area contributed by atoms with Gasteiger partial charge < -0.3 is 10.1 Å². The zero-order valence-corrected chi connectivity index (χ0v) is 15.2. The van der Waals surface area contributed by atoms with Crippen LogP contribution in [0.2, 0.25) is 0 Å². The van der Waals surface area contributed by atoms with E-state index in [0.29, 0.717) is 34.1 Å². The molecule has 0 bridgehead atoms. The predicted octanol–water partition coefficient (Wildman–Crippen LogP) is 2.20. The van der Waals surface area contributed by atoms with Gasteiger partial charge in [-0.3, -0.25) is 14.3 Å². The van der Waals surface area contributed by atoms with Gasteiger partial charge in [0.15, 0.2) is 0 Å². The third-order valence-electron chi connectivity index (χ3n) is 5.21. The minimum absolute atomic E-state index is 0.0323. The SMILES string of the molecule is CN(Cc1ccccc1)[C@@H]1CCCN(C(=O)c2ccc3c(c2)no[n+]3[O-])C1. The number of nitrogens with zero attached hydrogens (tertiary/aromatic N) is 4. The molecule has 1 aromatic heterocycles. The molecule has 0 aliphatic carbocycles. The largest absolute Gasteiger partial charge is 0.359 e. The molecule has 7 heteroatoms. The summed E-state index contributed by atoms with van der Waals surface area (Å²) >= 11 is 0. The first kappa shape index (κ1) is 17.5. The molecule has 0 unspecified atom stereocenters. The van der Waals surface area contributed by atoms with Crippen LogP contribution in [-0.4, -0.2) is 47.0 Å². The number of carbonyl (C=O) groups excluding carboxylic acids is 1. The maximum Gasteiger partial charge on any atom is 0.254 e. The predicted molar refractivity (Wildman–Crippen MR) is 99.8 cm³/mol. The van der Waals surface area contributed by atoms with E-state index in [0.717, 1.165) is 25.9 Å². The molecule has 1 aliphatic heterocycles. The molecule has 1 amide bonds. The van der Waals surface area contributed by atoms with Gasteiger partial charge in [-0.1, -0.05) is 30.3 Å². The first-order valence-corrected chi connectivity index (χ1v) is 9.15. The summed E-state index contributed by atoms with van der Waals surface area (Å²) in [6, 6.07) is 15.5. The standard InChI is InChI=1S/C20H22N4O3/c1-22(13-15-6-3-2-4-7-15)17-8-5-11-23(14-17)20(25)16-9-10-19-18(12-16)21-27-24(19)26/h2-4,6-7,9-10,12,17H,5,8,11,13-14H2,1H3/t17-/m1/s1. The lowest BCUT2D eigenvalue weighted by Crippen LogP contribution is -2.48. The molecule has 1 saturated heterocycles. The van der Waals surface area contributed by atoms with Gasteiger partial charge >= 0.3 is 0 Å². The Kier molecular flexibility index (Phi) is 4.77. The first-order valence-electron chi connectivity index (χ1n) is 9.15. The van der Waals surface area contributed by atoms with Crippen LogP contribution in [0.1, 0.15) is 28.8 Å². The van der Waals surface area contributed by atoms with E-state index in [1.807, 2.05) is 23.1 Å². The normalized spacial score (nSPS) is 17.6. The molecule has 140 valence electrons.